The van der Waals surface area contributed by atoms with E-state index in [-0.39, 0.29) is 0 Å². The van der Waals surface area contributed by atoms with Gasteiger partial charge >= 0.3 is 0 Å². The van der Waals surface area contributed by atoms with E-state index in [2.05, 4.69) is 10.1 Å². The molecule has 1 saturated heterocycles. The highest BCUT2D eigenvalue weighted by atomic mass is 16.5. The van der Waals surface area contributed by atoms with Crippen molar-refractivity contribution in [3.63, 3.8) is 0 Å². The molecule has 2 heterocycles. The van der Waals surface area contributed by atoms with Gasteiger partial charge in [-0.25, -0.2) is 0 Å². The second-order valence-electron chi connectivity index (χ2n) is 5.56. The first-order chi connectivity index (χ1) is 10.1. The van der Waals surface area contributed by atoms with Gasteiger partial charge in [0.1, 0.15) is 0 Å². The largest absolute Gasteiger partial charge is 0.366 e. The van der Waals surface area contributed by atoms with Crippen molar-refractivity contribution in [2.45, 2.75) is 32.4 Å². The Morgan fingerprint density at radius 1 is 1.43 bits per heavy atom. The molecule has 1 aromatic carbocycles. The number of carbonyl (C=O) groups is 1. The van der Waals surface area contributed by atoms with E-state index in [0.29, 0.717) is 11.6 Å². The molecule has 2 N–H and O–H groups in total. The number of hydrogen-bond donors (Lipinski definition) is 1. The van der Waals surface area contributed by atoms with Gasteiger partial charge in [0.25, 0.3) is 0 Å². The van der Waals surface area contributed by atoms with E-state index in [1.54, 1.807) is 12.1 Å². The summed E-state index contributed by atoms with van der Waals surface area (Å²) in [5.74, 6) is 0.552. The Bertz CT molecular complexity index is 633. The smallest absolute Gasteiger partial charge is 0.248 e. The molecule has 110 valence electrons. The second-order valence-corrected chi connectivity index (χ2v) is 5.56. The molecule has 5 nitrogen and oxygen atoms in total. The van der Waals surface area contributed by atoms with Crippen LogP contribution in [0.5, 0.6) is 0 Å². The summed E-state index contributed by atoms with van der Waals surface area (Å²) in [5, 5.41) is 3.98. The van der Waals surface area contributed by atoms with Gasteiger partial charge in [0, 0.05) is 18.2 Å². The highest BCUT2D eigenvalue weighted by molar-refractivity contribution is 5.92. The molecular weight excluding hydrogens is 266 g/mol. The van der Waals surface area contributed by atoms with Gasteiger partial charge in [-0.2, -0.15) is 0 Å². The quantitative estimate of drug-likeness (QED) is 0.936. The molecular formula is C16H19N3O2. The molecule has 0 spiro atoms. The molecule has 1 aromatic heterocycles. The number of nitrogens with zero attached hydrogens (tertiary/aromatic N) is 2. The van der Waals surface area contributed by atoms with Crippen LogP contribution in [-0.2, 0) is 6.54 Å². The van der Waals surface area contributed by atoms with Gasteiger partial charge in [0.05, 0.1) is 11.7 Å². The van der Waals surface area contributed by atoms with Gasteiger partial charge in [0.2, 0.25) is 5.91 Å². The fraction of sp³-hybridized carbons (Fsp3) is 0.375. The average Bonchev–Trinajstić information content (AvgIpc) is 3.08. The van der Waals surface area contributed by atoms with Crippen LogP contribution in [0.1, 0.15) is 46.3 Å². The molecule has 1 atom stereocenters. The lowest BCUT2D eigenvalue weighted by atomic mass is 10.1. The number of likely N-dealkylation sites (tertiary alicyclic amines) is 1. The van der Waals surface area contributed by atoms with Crippen molar-refractivity contribution in [2.75, 3.05) is 6.54 Å². The van der Waals surface area contributed by atoms with Crippen LogP contribution in [0.4, 0.5) is 0 Å². The standard InChI is InChI=1S/C16H19N3O2/c1-11-9-15(21-18-11)14-3-2-8-19(14)10-12-4-6-13(7-5-12)16(17)20/h4-7,9,14H,2-3,8,10H2,1H3,(H2,17,20). The number of aromatic nitrogens is 1. The average molecular weight is 285 g/mol. The molecule has 21 heavy (non-hydrogen) atoms. The van der Waals surface area contributed by atoms with Crippen LogP contribution >= 0.6 is 0 Å². The number of benzene rings is 1. The number of aryl methyl sites for hydroxylation is 1. The maximum atomic E-state index is 11.1. The molecule has 2 aromatic rings. The summed E-state index contributed by atoms with van der Waals surface area (Å²) >= 11 is 0. The monoisotopic (exact) mass is 285 g/mol. The first-order valence-corrected chi connectivity index (χ1v) is 7.19. The van der Waals surface area contributed by atoms with Gasteiger partial charge in [-0.3, -0.25) is 9.69 Å². The topological polar surface area (TPSA) is 72.4 Å². The maximum Gasteiger partial charge on any atom is 0.248 e. The zero-order valence-corrected chi connectivity index (χ0v) is 12.1. The van der Waals surface area contributed by atoms with Crippen LogP contribution in [-0.4, -0.2) is 22.5 Å². The molecule has 0 radical (unpaired) electrons. The number of nitrogens with two attached hydrogens (primary N) is 1. The third-order valence-electron chi connectivity index (χ3n) is 3.96. The minimum atomic E-state index is -0.391. The highest BCUT2D eigenvalue weighted by Crippen LogP contribution is 2.33. The molecule has 0 aliphatic carbocycles. The van der Waals surface area contributed by atoms with Crippen LogP contribution in [0.3, 0.4) is 0 Å². The van der Waals surface area contributed by atoms with Crippen molar-refractivity contribution in [3.8, 4) is 0 Å². The zero-order valence-electron chi connectivity index (χ0n) is 12.1. The van der Waals surface area contributed by atoms with Gasteiger partial charge < -0.3 is 10.3 Å². The number of rotatable bonds is 4. The molecule has 3 rings (SSSR count). The van der Waals surface area contributed by atoms with Crippen molar-refractivity contribution in [3.05, 3.63) is 52.9 Å². The van der Waals surface area contributed by atoms with Crippen molar-refractivity contribution in [1.29, 1.82) is 0 Å². The normalized spacial score (nSPS) is 19.0. The summed E-state index contributed by atoms with van der Waals surface area (Å²) < 4.78 is 5.41. The summed E-state index contributed by atoms with van der Waals surface area (Å²) in [6.07, 6.45) is 2.25. The third kappa shape index (κ3) is 2.97. The minimum absolute atomic E-state index is 0.294. The van der Waals surface area contributed by atoms with E-state index >= 15 is 0 Å². The minimum Gasteiger partial charge on any atom is -0.366 e. The molecule has 1 aliphatic rings. The van der Waals surface area contributed by atoms with Gasteiger partial charge in [-0.1, -0.05) is 17.3 Å². The van der Waals surface area contributed by atoms with E-state index in [1.165, 1.54) is 5.56 Å². The van der Waals surface area contributed by atoms with Crippen molar-refractivity contribution in [2.24, 2.45) is 5.73 Å². The number of primary amides is 1. The Balaban J connectivity index is 1.72. The van der Waals surface area contributed by atoms with E-state index in [4.69, 9.17) is 10.3 Å². The molecule has 1 fully saturated rings. The van der Waals surface area contributed by atoms with Gasteiger partial charge in [0.15, 0.2) is 5.76 Å². The Kier molecular flexibility index (Phi) is 3.75. The van der Waals surface area contributed by atoms with Crippen LogP contribution in [0.25, 0.3) is 0 Å². The summed E-state index contributed by atoms with van der Waals surface area (Å²) in [7, 11) is 0. The van der Waals surface area contributed by atoms with Crippen LogP contribution in [0.15, 0.2) is 34.9 Å². The molecule has 0 saturated carbocycles. The predicted octanol–water partition coefficient (Wildman–Crippen LogP) is 2.42. The van der Waals surface area contributed by atoms with Gasteiger partial charge in [-0.15, -0.1) is 0 Å². The van der Waals surface area contributed by atoms with E-state index in [9.17, 15) is 4.79 Å². The van der Waals surface area contributed by atoms with Crippen molar-refractivity contribution in [1.82, 2.24) is 10.1 Å². The van der Waals surface area contributed by atoms with Crippen LogP contribution in [0, 0.1) is 6.92 Å². The highest BCUT2D eigenvalue weighted by Gasteiger charge is 2.28. The van der Waals surface area contributed by atoms with Crippen molar-refractivity contribution < 1.29 is 9.32 Å². The fourth-order valence-electron chi connectivity index (χ4n) is 2.89. The fourth-order valence-corrected chi connectivity index (χ4v) is 2.89. The predicted molar refractivity (Wildman–Crippen MR) is 78.6 cm³/mol. The first kappa shape index (κ1) is 13.8. The van der Waals surface area contributed by atoms with E-state index < -0.39 is 5.91 Å². The number of carbonyl (C=O) groups excluding carboxylic acids is 1. The Hall–Kier alpha value is -2.14. The third-order valence-corrected chi connectivity index (χ3v) is 3.96. The van der Waals surface area contributed by atoms with Gasteiger partial charge in [-0.05, 0) is 44.0 Å². The Morgan fingerprint density at radius 3 is 2.81 bits per heavy atom. The summed E-state index contributed by atoms with van der Waals surface area (Å²) in [5.41, 5.74) is 7.89. The maximum absolute atomic E-state index is 11.1. The molecule has 0 bridgehead atoms. The van der Waals surface area contributed by atoms with Crippen molar-refractivity contribution >= 4 is 5.91 Å². The lowest BCUT2D eigenvalue weighted by Crippen LogP contribution is -2.22. The lowest BCUT2D eigenvalue weighted by molar-refractivity contribution is 0.100. The molecule has 1 aliphatic heterocycles. The summed E-state index contributed by atoms with van der Waals surface area (Å²) in [6.45, 7) is 3.82. The lowest BCUT2D eigenvalue weighted by Gasteiger charge is -2.22. The second kappa shape index (κ2) is 5.69. The van der Waals surface area contributed by atoms with Crippen LogP contribution in [0.2, 0.25) is 0 Å². The Morgan fingerprint density at radius 2 is 2.19 bits per heavy atom. The summed E-state index contributed by atoms with van der Waals surface area (Å²) in [6, 6.07) is 9.78. The number of amides is 1. The number of hydrogen-bond acceptors (Lipinski definition) is 4. The zero-order chi connectivity index (χ0) is 14.8. The molecule has 1 unspecified atom stereocenters. The SMILES string of the molecule is Cc1cc(C2CCCN2Cc2ccc(C(N)=O)cc2)on1. The van der Waals surface area contributed by atoms with E-state index in [0.717, 1.165) is 37.4 Å². The Labute approximate surface area is 123 Å². The first-order valence-electron chi connectivity index (χ1n) is 7.19. The van der Waals surface area contributed by atoms with E-state index in [1.807, 2.05) is 25.1 Å². The van der Waals surface area contributed by atoms with Crippen LogP contribution < -0.4 is 5.73 Å². The summed E-state index contributed by atoms with van der Waals surface area (Å²) in [4.78, 5) is 13.5. The molecule has 5 heteroatoms. The molecule has 1 amide bonds.